The second-order valence-electron chi connectivity index (χ2n) is 5.83. The maximum absolute atomic E-state index is 2.21. The van der Waals surface area contributed by atoms with Gasteiger partial charge >= 0.3 is 0 Å². The van der Waals surface area contributed by atoms with Gasteiger partial charge in [-0.3, -0.25) is 0 Å². The lowest BCUT2D eigenvalue weighted by atomic mass is 9.95. The Morgan fingerprint density at radius 1 is 0.682 bits per heavy atom. The van der Waals surface area contributed by atoms with Crippen LogP contribution in [0.15, 0.2) is 60.9 Å². The summed E-state index contributed by atoms with van der Waals surface area (Å²) in [7, 11) is 4.20. The molecule has 0 amide bonds. The highest BCUT2D eigenvalue weighted by Crippen LogP contribution is 2.30. The van der Waals surface area contributed by atoms with E-state index in [4.69, 9.17) is 0 Å². The summed E-state index contributed by atoms with van der Waals surface area (Å²) in [5.41, 5.74) is 7.70. The van der Waals surface area contributed by atoms with Gasteiger partial charge in [-0.05, 0) is 43.7 Å². The smallest absolute Gasteiger partial charge is 0.201 e. The zero-order valence-corrected chi connectivity index (χ0v) is 13.7. The Morgan fingerprint density at radius 2 is 1.41 bits per heavy atom. The van der Waals surface area contributed by atoms with Crippen LogP contribution in [0.4, 0.5) is 0 Å². The molecule has 2 heteroatoms. The Hall–Kier alpha value is -2.48. The van der Waals surface area contributed by atoms with E-state index in [1.807, 2.05) is 0 Å². The Balaban J connectivity index is 2.25. The van der Waals surface area contributed by atoms with E-state index >= 15 is 0 Å². The molecule has 2 nitrogen and oxygen atoms in total. The van der Waals surface area contributed by atoms with E-state index in [-0.39, 0.29) is 0 Å². The lowest BCUT2D eigenvalue weighted by molar-refractivity contribution is -0.660. The van der Waals surface area contributed by atoms with Crippen molar-refractivity contribution in [3.05, 3.63) is 72.1 Å². The third-order valence-corrected chi connectivity index (χ3v) is 4.30. The molecule has 0 N–H and O–H groups in total. The number of benzene rings is 1. The van der Waals surface area contributed by atoms with Crippen LogP contribution in [0.5, 0.6) is 0 Å². The molecule has 0 saturated carbocycles. The van der Waals surface area contributed by atoms with Crippen molar-refractivity contribution in [2.75, 3.05) is 0 Å². The summed E-state index contributed by atoms with van der Waals surface area (Å²) in [5, 5.41) is 0. The molecule has 0 fully saturated rings. The monoisotopic (exact) mass is 290 g/mol. The normalized spacial score (nSPS) is 10.7. The Bertz CT molecular complexity index is 815. The van der Waals surface area contributed by atoms with Crippen molar-refractivity contribution in [3.63, 3.8) is 0 Å². The molecular weight excluding hydrogens is 268 g/mol. The van der Waals surface area contributed by atoms with Crippen molar-refractivity contribution in [2.24, 2.45) is 14.1 Å². The maximum Gasteiger partial charge on any atom is 0.215 e. The Kier molecular flexibility index (Phi) is 3.76. The highest BCUT2D eigenvalue weighted by atomic mass is 14.9. The van der Waals surface area contributed by atoms with E-state index in [1.165, 1.54) is 33.6 Å². The van der Waals surface area contributed by atoms with Crippen LogP contribution in [0.3, 0.4) is 0 Å². The molecule has 0 saturated heterocycles. The van der Waals surface area contributed by atoms with Gasteiger partial charge in [-0.2, -0.15) is 0 Å². The zero-order valence-electron chi connectivity index (χ0n) is 13.7. The minimum Gasteiger partial charge on any atom is -0.201 e. The average Bonchev–Trinajstić information content (AvgIpc) is 2.50. The molecule has 22 heavy (non-hydrogen) atoms. The quantitative estimate of drug-likeness (QED) is 0.640. The van der Waals surface area contributed by atoms with E-state index in [0.29, 0.717) is 0 Å². The zero-order chi connectivity index (χ0) is 15.7. The number of aryl methyl sites for hydroxylation is 3. The molecule has 0 bridgehead atoms. The summed E-state index contributed by atoms with van der Waals surface area (Å²) in [6.45, 7) is 4.38. The van der Waals surface area contributed by atoms with Crippen molar-refractivity contribution in [2.45, 2.75) is 13.8 Å². The predicted octanol–water partition coefficient (Wildman–Crippen LogP) is 3.29. The van der Waals surface area contributed by atoms with E-state index in [0.717, 1.165) is 0 Å². The van der Waals surface area contributed by atoms with Gasteiger partial charge in [-0.25, -0.2) is 9.13 Å². The van der Waals surface area contributed by atoms with Crippen LogP contribution in [0, 0.1) is 13.8 Å². The minimum atomic E-state index is 1.23. The summed E-state index contributed by atoms with van der Waals surface area (Å²) >= 11 is 0. The van der Waals surface area contributed by atoms with Crippen molar-refractivity contribution in [3.8, 4) is 22.5 Å². The van der Waals surface area contributed by atoms with Crippen LogP contribution < -0.4 is 9.13 Å². The molecule has 2 heterocycles. The SMILES string of the molecule is Cc1ccc[n+](C)c1-c1cccc(-c2cccc[n+]2C)c1C. The molecule has 2 aromatic heterocycles. The van der Waals surface area contributed by atoms with Crippen molar-refractivity contribution in [1.82, 2.24) is 0 Å². The first kappa shape index (κ1) is 14.5. The van der Waals surface area contributed by atoms with Gasteiger partial charge in [0.25, 0.3) is 0 Å². The number of hydrogen-bond acceptors (Lipinski definition) is 0. The summed E-state index contributed by atoms with van der Waals surface area (Å²) in [5.74, 6) is 0. The van der Waals surface area contributed by atoms with E-state index in [2.05, 4.69) is 98.0 Å². The third kappa shape index (κ3) is 2.41. The topological polar surface area (TPSA) is 7.76 Å². The van der Waals surface area contributed by atoms with Crippen LogP contribution in [0.1, 0.15) is 11.1 Å². The largest absolute Gasteiger partial charge is 0.215 e. The number of pyridine rings is 2. The van der Waals surface area contributed by atoms with Gasteiger partial charge in [0, 0.05) is 29.3 Å². The number of aromatic nitrogens is 2. The highest BCUT2D eigenvalue weighted by molar-refractivity contribution is 5.74. The van der Waals surface area contributed by atoms with Gasteiger partial charge in [-0.15, -0.1) is 0 Å². The second kappa shape index (κ2) is 5.72. The fourth-order valence-corrected chi connectivity index (χ4v) is 3.12. The molecule has 0 aliphatic rings. The Labute approximate surface area is 132 Å². The van der Waals surface area contributed by atoms with Gasteiger partial charge < -0.3 is 0 Å². The van der Waals surface area contributed by atoms with Gasteiger partial charge in [0.2, 0.25) is 11.4 Å². The molecule has 0 aliphatic carbocycles. The summed E-state index contributed by atoms with van der Waals surface area (Å²) in [6, 6.07) is 17.1. The van der Waals surface area contributed by atoms with Crippen molar-refractivity contribution >= 4 is 0 Å². The molecular formula is C20H22N2+2. The number of nitrogens with zero attached hydrogens (tertiary/aromatic N) is 2. The molecule has 0 aliphatic heterocycles. The lowest BCUT2D eigenvalue weighted by Gasteiger charge is -2.10. The van der Waals surface area contributed by atoms with Crippen LogP contribution in [-0.2, 0) is 14.1 Å². The van der Waals surface area contributed by atoms with Gasteiger partial charge in [-0.1, -0.05) is 6.07 Å². The molecule has 1 aromatic carbocycles. The fraction of sp³-hybridized carbons (Fsp3) is 0.200. The lowest BCUT2D eigenvalue weighted by Crippen LogP contribution is -2.32. The van der Waals surface area contributed by atoms with Crippen LogP contribution in [0.25, 0.3) is 22.5 Å². The summed E-state index contributed by atoms with van der Waals surface area (Å²) in [6.07, 6.45) is 4.20. The summed E-state index contributed by atoms with van der Waals surface area (Å²) in [4.78, 5) is 0. The Morgan fingerprint density at radius 3 is 2.14 bits per heavy atom. The number of hydrogen-bond donors (Lipinski definition) is 0. The first-order valence-corrected chi connectivity index (χ1v) is 7.60. The van der Waals surface area contributed by atoms with Crippen LogP contribution in [0.2, 0.25) is 0 Å². The second-order valence-corrected chi connectivity index (χ2v) is 5.83. The standard InChI is InChI=1S/C20H22N2/c1-15-9-8-14-22(4)20(15)18-11-7-10-17(16(18)2)19-12-5-6-13-21(19)3/h5-14H,1-4H3/q+2. The van der Waals surface area contributed by atoms with Gasteiger partial charge in [0.05, 0.1) is 5.56 Å². The molecule has 0 atom stereocenters. The van der Waals surface area contributed by atoms with Crippen molar-refractivity contribution < 1.29 is 9.13 Å². The average molecular weight is 290 g/mol. The molecule has 0 radical (unpaired) electrons. The van der Waals surface area contributed by atoms with Crippen LogP contribution in [-0.4, -0.2) is 0 Å². The molecule has 3 rings (SSSR count). The first-order valence-electron chi connectivity index (χ1n) is 7.60. The van der Waals surface area contributed by atoms with Crippen LogP contribution >= 0.6 is 0 Å². The highest BCUT2D eigenvalue weighted by Gasteiger charge is 2.19. The minimum absolute atomic E-state index is 1.23. The number of rotatable bonds is 2. The van der Waals surface area contributed by atoms with E-state index < -0.39 is 0 Å². The van der Waals surface area contributed by atoms with Gasteiger partial charge in [0.1, 0.15) is 14.1 Å². The molecule has 0 unspecified atom stereocenters. The van der Waals surface area contributed by atoms with Gasteiger partial charge in [0.15, 0.2) is 12.4 Å². The first-order chi connectivity index (χ1) is 10.6. The van der Waals surface area contributed by atoms with E-state index in [1.54, 1.807) is 0 Å². The van der Waals surface area contributed by atoms with Crippen molar-refractivity contribution in [1.29, 1.82) is 0 Å². The van der Waals surface area contributed by atoms with E-state index in [9.17, 15) is 0 Å². The fourth-order valence-electron chi connectivity index (χ4n) is 3.12. The predicted molar refractivity (Wildman–Crippen MR) is 89.1 cm³/mol. The molecule has 3 aromatic rings. The maximum atomic E-state index is 2.21. The molecule has 110 valence electrons. The third-order valence-electron chi connectivity index (χ3n) is 4.30. The summed E-state index contributed by atoms with van der Waals surface area (Å²) < 4.78 is 4.37. The molecule has 0 spiro atoms.